The fourth-order valence-electron chi connectivity index (χ4n) is 2.48. The van der Waals surface area contributed by atoms with E-state index < -0.39 is 5.91 Å². The topological polar surface area (TPSA) is 71.2 Å². The first-order valence-electron chi connectivity index (χ1n) is 6.26. The lowest BCUT2D eigenvalue weighted by molar-refractivity contribution is 0.1000. The Bertz CT molecular complexity index is 450. The highest BCUT2D eigenvalue weighted by Crippen LogP contribution is 2.20. The van der Waals surface area contributed by atoms with Gasteiger partial charge in [-0.15, -0.1) is 0 Å². The van der Waals surface area contributed by atoms with Crippen molar-refractivity contribution in [3.8, 4) is 0 Å². The summed E-state index contributed by atoms with van der Waals surface area (Å²) in [6.45, 7) is 7.84. The third-order valence-corrected chi connectivity index (χ3v) is 3.14. The summed E-state index contributed by atoms with van der Waals surface area (Å²) >= 11 is 0. The van der Waals surface area contributed by atoms with Crippen LogP contribution >= 0.6 is 0 Å². The minimum atomic E-state index is -0.420. The Kier molecular flexibility index (Phi) is 3.52. The van der Waals surface area contributed by atoms with E-state index in [4.69, 9.17) is 5.73 Å². The predicted octanol–water partition coefficient (Wildman–Crippen LogP) is 0.676. The van der Waals surface area contributed by atoms with Crippen molar-refractivity contribution in [1.29, 1.82) is 0 Å². The van der Waals surface area contributed by atoms with Crippen molar-refractivity contribution in [2.75, 3.05) is 18.0 Å². The first-order valence-corrected chi connectivity index (χ1v) is 6.26. The average molecular weight is 248 g/mol. The summed E-state index contributed by atoms with van der Waals surface area (Å²) in [5.41, 5.74) is 6.82. The molecule has 1 amide bonds. The first kappa shape index (κ1) is 12.8. The Hall–Kier alpha value is -1.62. The fraction of sp³-hybridized carbons (Fsp3) is 0.538. The van der Waals surface area contributed by atoms with Gasteiger partial charge in [-0.1, -0.05) is 0 Å². The second-order valence-electron chi connectivity index (χ2n) is 5.06. The summed E-state index contributed by atoms with van der Waals surface area (Å²) < 4.78 is 0. The lowest BCUT2D eigenvalue weighted by Gasteiger charge is -2.37. The van der Waals surface area contributed by atoms with Crippen molar-refractivity contribution in [2.24, 2.45) is 5.73 Å². The van der Waals surface area contributed by atoms with Gasteiger partial charge in [0.25, 0.3) is 5.91 Å². The molecule has 2 rings (SSSR count). The van der Waals surface area contributed by atoms with Crippen molar-refractivity contribution in [3.63, 3.8) is 0 Å². The molecule has 3 N–H and O–H groups in total. The summed E-state index contributed by atoms with van der Waals surface area (Å²) in [5.74, 6) is 0.291. The molecular weight excluding hydrogens is 228 g/mol. The van der Waals surface area contributed by atoms with Crippen molar-refractivity contribution in [3.05, 3.63) is 23.4 Å². The van der Waals surface area contributed by atoms with Gasteiger partial charge in [0.2, 0.25) is 0 Å². The van der Waals surface area contributed by atoms with Gasteiger partial charge >= 0.3 is 0 Å². The van der Waals surface area contributed by atoms with E-state index in [1.54, 1.807) is 6.07 Å². The third kappa shape index (κ3) is 2.61. The van der Waals surface area contributed by atoms with E-state index in [-0.39, 0.29) is 0 Å². The summed E-state index contributed by atoms with van der Waals surface area (Å²) in [6.07, 6.45) is 0. The maximum absolute atomic E-state index is 11.5. The lowest BCUT2D eigenvalue weighted by Crippen LogP contribution is -2.55. The molecule has 0 bridgehead atoms. The van der Waals surface area contributed by atoms with E-state index >= 15 is 0 Å². The molecule has 0 radical (unpaired) electrons. The molecule has 1 saturated heterocycles. The zero-order chi connectivity index (χ0) is 13.3. The minimum absolute atomic E-state index is 0.372. The van der Waals surface area contributed by atoms with Gasteiger partial charge in [-0.3, -0.25) is 4.79 Å². The van der Waals surface area contributed by atoms with E-state index in [1.807, 2.05) is 13.0 Å². The highest BCUT2D eigenvalue weighted by molar-refractivity contribution is 5.97. The number of anilines is 1. The van der Waals surface area contributed by atoms with Gasteiger partial charge in [-0.2, -0.15) is 0 Å². The quantitative estimate of drug-likeness (QED) is 0.807. The number of nitrogens with zero attached hydrogens (tertiary/aromatic N) is 2. The number of hydrogen-bond acceptors (Lipinski definition) is 4. The van der Waals surface area contributed by atoms with Gasteiger partial charge in [0.05, 0.1) is 5.56 Å². The van der Waals surface area contributed by atoms with E-state index in [1.165, 1.54) is 0 Å². The number of rotatable bonds is 2. The number of aromatic nitrogens is 1. The Morgan fingerprint density at radius 2 is 2.00 bits per heavy atom. The highest BCUT2D eigenvalue weighted by atomic mass is 16.1. The molecule has 1 fully saturated rings. The minimum Gasteiger partial charge on any atom is -0.365 e. The van der Waals surface area contributed by atoms with Crippen LogP contribution in [0.4, 0.5) is 5.82 Å². The Morgan fingerprint density at radius 3 is 2.56 bits per heavy atom. The summed E-state index contributed by atoms with van der Waals surface area (Å²) in [4.78, 5) is 18.1. The van der Waals surface area contributed by atoms with Crippen molar-refractivity contribution >= 4 is 11.7 Å². The van der Waals surface area contributed by atoms with E-state index in [2.05, 4.69) is 29.0 Å². The van der Waals surface area contributed by atoms with Gasteiger partial charge in [-0.05, 0) is 32.9 Å². The molecule has 0 spiro atoms. The van der Waals surface area contributed by atoms with Crippen LogP contribution in [0.2, 0.25) is 0 Å². The average Bonchev–Trinajstić information content (AvgIpc) is 2.27. The smallest absolute Gasteiger partial charge is 0.252 e. The second kappa shape index (κ2) is 4.94. The van der Waals surface area contributed by atoms with Crippen LogP contribution < -0.4 is 16.0 Å². The van der Waals surface area contributed by atoms with Gasteiger partial charge in [0, 0.05) is 30.9 Å². The Morgan fingerprint density at radius 1 is 1.39 bits per heavy atom. The SMILES string of the molecule is Cc1ccc(C(N)=O)c(N2CC(C)NC(C)C2)n1. The van der Waals surface area contributed by atoms with E-state index in [0.717, 1.165) is 18.8 Å². The molecule has 2 unspecified atom stereocenters. The van der Waals surface area contributed by atoms with Crippen molar-refractivity contribution < 1.29 is 4.79 Å². The molecule has 18 heavy (non-hydrogen) atoms. The van der Waals surface area contributed by atoms with Crippen molar-refractivity contribution in [1.82, 2.24) is 10.3 Å². The van der Waals surface area contributed by atoms with Crippen molar-refractivity contribution in [2.45, 2.75) is 32.9 Å². The molecule has 5 nitrogen and oxygen atoms in total. The van der Waals surface area contributed by atoms with Gasteiger partial charge in [0.1, 0.15) is 5.82 Å². The summed E-state index contributed by atoms with van der Waals surface area (Å²) in [5, 5.41) is 3.46. The standard InChI is InChI=1S/C13H20N4O/c1-8-4-5-11(12(14)18)13(16-8)17-6-9(2)15-10(3)7-17/h4-5,9-10,15H,6-7H2,1-3H3,(H2,14,18). The van der Waals surface area contributed by atoms with Crippen LogP contribution in [0.3, 0.4) is 0 Å². The molecule has 0 aliphatic carbocycles. The first-order chi connectivity index (χ1) is 8.47. The number of carbonyl (C=O) groups excluding carboxylic acids is 1. The predicted molar refractivity (Wildman–Crippen MR) is 71.8 cm³/mol. The van der Waals surface area contributed by atoms with Gasteiger partial charge in [0.15, 0.2) is 0 Å². The van der Waals surface area contributed by atoms with Crippen LogP contribution in [0, 0.1) is 6.92 Å². The molecule has 98 valence electrons. The Labute approximate surface area is 107 Å². The molecule has 1 aliphatic rings. The van der Waals surface area contributed by atoms with Crippen LogP contribution in [0.25, 0.3) is 0 Å². The fourth-order valence-corrected chi connectivity index (χ4v) is 2.48. The number of aryl methyl sites for hydroxylation is 1. The number of nitrogens with one attached hydrogen (secondary N) is 1. The molecule has 0 aromatic carbocycles. The molecule has 0 saturated carbocycles. The number of amides is 1. The second-order valence-corrected chi connectivity index (χ2v) is 5.06. The van der Waals surface area contributed by atoms with Crippen LogP contribution in [0.5, 0.6) is 0 Å². The number of carbonyl (C=O) groups is 1. The molecule has 5 heteroatoms. The number of pyridine rings is 1. The van der Waals surface area contributed by atoms with Crippen LogP contribution in [-0.4, -0.2) is 36.1 Å². The van der Waals surface area contributed by atoms with E-state index in [9.17, 15) is 4.79 Å². The molecule has 2 atom stereocenters. The van der Waals surface area contributed by atoms with Crippen LogP contribution in [0.1, 0.15) is 29.9 Å². The summed E-state index contributed by atoms with van der Waals surface area (Å²) in [6, 6.07) is 4.32. The monoisotopic (exact) mass is 248 g/mol. The molecule has 1 aromatic rings. The molecular formula is C13H20N4O. The van der Waals surface area contributed by atoms with E-state index in [0.29, 0.717) is 23.5 Å². The number of nitrogens with two attached hydrogens (primary N) is 1. The highest BCUT2D eigenvalue weighted by Gasteiger charge is 2.25. The Balaban J connectivity index is 2.36. The van der Waals surface area contributed by atoms with Gasteiger partial charge in [-0.25, -0.2) is 4.98 Å². The molecule has 2 heterocycles. The third-order valence-electron chi connectivity index (χ3n) is 3.14. The molecule has 1 aromatic heterocycles. The zero-order valence-corrected chi connectivity index (χ0v) is 11.1. The lowest BCUT2D eigenvalue weighted by atomic mass is 10.1. The van der Waals surface area contributed by atoms with Gasteiger partial charge < -0.3 is 16.0 Å². The number of primary amides is 1. The zero-order valence-electron chi connectivity index (χ0n) is 11.1. The maximum Gasteiger partial charge on any atom is 0.252 e. The van der Waals surface area contributed by atoms with Crippen LogP contribution in [-0.2, 0) is 0 Å². The number of hydrogen-bond donors (Lipinski definition) is 2. The molecule has 1 aliphatic heterocycles. The van der Waals surface area contributed by atoms with Crippen LogP contribution in [0.15, 0.2) is 12.1 Å². The normalized spacial score (nSPS) is 24.1. The maximum atomic E-state index is 11.5. The summed E-state index contributed by atoms with van der Waals surface area (Å²) in [7, 11) is 0. The largest absolute Gasteiger partial charge is 0.365 e. The number of piperazine rings is 1.